The number of benzene rings is 2. The van der Waals surface area contributed by atoms with Crippen LogP contribution in [0, 0.1) is 27.7 Å². The average molecular weight is 430 g/mol. The van der Waals surface area contributed by atoms with Crippen LogP contribution in [-0.4, -0.2) is 17.5 Å². The van der Waals surface area contributed by atoms with E-state index in [0.29, 0.717) is 12.0 Å². The Morgan fingerprint density at radius 2 is 1.66 bits per heavy atom. The van der Waals surface area contributed by atoms with E-state index in [2.05, 4.69) is 21.9 Å². The third kappa shape index (κ3) is 4.35. The van der Waals surface area contributed by atoms with Gasteiger partial charge in [-0.2, -0.15) is 5.10 Å². The molecule has 6 nitrogen and oxygen atoms in total. The van der Waals surface area contributed by atoms with Crippen molar-refractivity contribution >= 4 is 23.2 Å². The molecular weight excluding hydrogens is 402 g/mol. The lowest BCUT2D eigenvalue weighted by molar-refractivity contribution is 0.0952. The Morgan fingerprint density at radius 3 is 2.38 bits per heavy atom. The summed E-state index contributed by atoms with van der Waals surface area (Å²) in [6.45, 7) is 7.74. The largest absolute Gasteiger partial charge is 0.455 e. The summed E-state index contributed by atoms with van der Waals surface area (Å²) in [5.74, 6) is 0.485. The van der Waals surface area contributed by atoms with Crippen molar-refractivity contribution in [2.45, 2.75) is 47.0 Å². The summed E-state index contributed by atoms with van der Waals surface area (Å²) in [6.07, 6.45) is 2.29. The summed E-state index contributed by atoms with van der Waals surface area (Å²) < 4.78 is 5.97. The van der Waals surface area contributed by atoms with E-state index in [1.807, 2.05) is 58.0 Å². The normalized spacial score (nSPS) is 14.2. The molecule has 1 aliphatic carbocycles. The lowest BCUT2D eigenvalue weighted by atomic mass is 9.93. The molecule has 4 rings (SSSR count). The maximum absolute atomic E-state index is 13.0. The highest BCUT2D eigenvalue weighted by molar-refractivity contribution is 6.09. The van der Waals surface area contributed by atoms with E-state index >= 15 is 0 Å². The molecule has 6 heteroatoms. The van der Waals surface area contributed by atoms with Crippen LogP contribution in [0.1, 0.15) is 67.3 Å². The number of hydrogen-bond donors (Lipinski definition) is 2. The number of amides is 2. The van der Waals surface area contributed by atoms with Gasteiger partial charge in [-0.05, 0) is 75.4 Å². The van der Waals surface area contributed by atoms with Gasteiger partial charge in [-0.1, -0.05) is 24.3 Å². The quantitative estimate of drug-likeness (QED) is 0.557. The Hall–Kier alpha value is -3.67. The van der Waals surface area contributed by atoms with E-state index in [1.54, 1.807) is 6.07 Å². The number of aryl methyl sites for hydroxylation is 4. The zero-order valence-electron chi connectivity index (χ0n) is 18.8. The van der Waals surface area contributed by atoms with Gasteiger partial charge in [0.1, 0.15) is 5.76 Å². The Bertz CT molecular complexity index is 1220. The number of carbonyl (C=O) groups is 2. The van der Waals surface area contributed by atoms with Gasteiger partial charge in [-0.3, -0.25) is 9.59 Å². The van der Waals surface area contributed by atoms with Crippen LogP contribution in [0.25, 0.3) is 0 Å². The molecule has 1 heterocycles. The van der Waals surface area contributed by atoms with Gasteiger partial charge < -0.3 is 9.73 Å². The molecule has 164 valence electrons. The maximum atomic E-state index is 13.0. The highest BCUT2D eigenvalue weighted by Gasteiger charge is 2.28. The van der Waals surface area contributed by atoms with E-state index in [1.165, 1.54) is 0 Å². The molecule has 0 saturated carbocycles. The second-order valence-corrected chi connectivity index (χ2v) is 8.35. The third-order valence-corrected chi connectivity index (χ3v) is 5.69. The van der Waals surface area contributed by atoms with Crippen LogP contribution in [0.15, 0.2) is 52.0 Å². The number of rotatable bonds is 4. The lowest BCUT2D eigenvalue weighted by Crippen LogP contribution is -2.22. The first-order valence-electron chi connectivity index (χ1n) is 10.8. The first-order chi connectivity index (χ1) is 15.3. The number of carbonyl (C=O) groups excluding carboxylic acids is 2. The molecule has 0 spiro atoms. The molecule has 2 aromatic carbocycles. The SMILES string of the molecule is Cc1cc(C)cc(NC(=O)c2oc3c(c2C)/C(=N/NC(=O)c2ccccc2C)CCC3)c1. The summed E-state index contributed by atoms with van der Waals surface area (Å²) in [4.78, 5) is 25.5. The number of nitrogens with zero attached hydrogens (tertiary/aromatic N) is 1. The zero-order chi connectivity index (χ0) is 22.8. The molecule has 1 aliphatic rings. The molecule has 2 N–H and O–H groups in total. The minimum absolute atomic E-state index is 0.253. The first kappa shape index (κ1) is 21.6. The summed E-state index contributed by atoms with van der Waals surface area (Å²) >= 11 is 0. The highest BCUT2D eigenvalue weighted by atomic mass is 16.4. The molecule has 0 unspecified atom stereocenters. The molecule has 0 atom stereocenters. The predicted molar refractivity (Wildman–Crippen MR) is 125 cm³/mol. The number of hydrogen-bond acceptors (Lipinski definition) is 4. The minimum atomic E-state index is -0.287. The van der Waals surface area contributed by atoms with Gasteiger partial charge in [0.25, 0.3) is 11.8 Å². The van der Waals surface area contributed by atoms with Crippen molar-refractivity contribution in [1.29, 1.82) is 0 Å². The molecule has 3 aromatic rings. The fourth-order valence-electron chi connectivity index (χ4n) is 4.24. The number of hydrazone groups is 1. The summed E-state index contributed by atoms with van der Waals surface area (Å²) in [7, 11) is 0. The van der Waals surface area contributed by atoms with Crippen molar-refractivity contribution in [3.8, 4) is 0 Å². The fourth-order valence-corrected chi connectivity index (χ4v) is 4.24. The second kappa shape index (κ2) is 8.83. The van der Waals surface area contributed by atoms with Gasteiger partial charge in [0.15, 0.2) is 5.76 Å². The molecule has 2 amide bonds. The van der Waals surface area contributed by atoms with Crippen LogP contribution in [0.4, 0.5) is 5.69 Å². The number of furan rings is 1. The number of fused-ring (bicyclic) bond motifs is 1. The maximum Gasteiger partial charge on any atom is 0.291 e. The molecule has 0 fully saturated rings. The predicted octanol–water partition coefficient (Wildman–Crippen LogP) is 5.24. The Kier molecular flexibility index (Phi) is 5.95. The minimum Gasteiger partial charge on any atom is -0.455 e. The molecular formula is C26H27N3O3. The molecule has 1 aromatic heterocycles. The van der Waals surface area contributed by atoms with Crippen molar-refractivity contribution in [3.63, 3.8) is 0 Å². The van der Waals surface area contributed by atoms with Gasteiger partial charge in [0.2, 0.25) is 0 Å². The molecule has 0 aliphatic heterocycles. The van der Waals surface area contributed by atoms with Crippen molar-refractivity contribution in [1.82, 2.24) is 5.43 Å². The highest BCUT2D eigenvalue weighted by Crippen LogP contribution is 2.30. The topological polar surface area (TPSA) is 83.7 Å². The van der Waals surface area contributed by atoms with Crippen molar-refractivity contribution < 1.29 is 14.0 Å². The van der Waals surface area contributed by atoms with Gasteiger partial charge in [-0.25, -0.2) is 5.43 Å². The Morgan fingerprint density at radius 1 is 0.938 bits per heavy atom. The van der Waals surface area contributed by atoms with E-state index in [-0.39, 0.29) is 17.6 Å². The third-order valence-electron chi connectivity index (χ3n) is 5.69. The molecule has 0 saturated heterocycles. The molecule has 0 radical (unpaired) electrons. The van der Waals surface area contributed by atoms with E-state index in [9.17, 15) is 9.59 Å². The zero-order valence-corrected chi connectivity index (χ0v) is 18.8. The van der Waals surface area contributed by atoms with Crippen LogP contribution in [0.2, 0.25) is 0 Å². The fraction of sp³-hybridized carbons (Fsp3) is 0.269. The molecule has 32 heavy (non-hydrogen) atoms. The summed E-state index contributed by atoms with van der Waals surface area (Å²) in [5, 5.41) is 7.35. The Labute approximate surface area is 187 Å². The van der Waals surface area contributed by atoms with Crippen LogP contribution in [0.3, 0.4) is 0 Å². The summed E-state index contributed by atoms with van der Waals surface area (Å²) in [6, 6.07) is 13.3. The number of nitrogens with one attached hydrogen (secondary N) is 2. The summed E-state index contributed by atoms with van der Waals surface area (Å²) in [5.41, 5.74) is 9.35. The monoisotopic (exact) mass is 429 g/mol. The van der Waals surface area contributed by atoms with Crippen LogP contribution in [0.5, 0.6) is 0 Å². The van der Waals surface area contributed by atoms with Crippen LogP contribution >= 0.6 is 0 Å². The van der Waals surface area contributed by atoms with Crippen molar-refractivity contribution in [2.24, 2.45) is 5.10 Å². The van der Waals surface area contributed by atoms with Crippen LogP contribution in [-0.2, 0) is 6.42 Å². The number of anilines is 1. The second-order valence-electron chi connectivity index (χ2n) is 8.35. The van der Waals surface area contributed by atoms with Gasteiger partial charge in [0, 0.05) is 28.8 Å². The van der Waals surface area contributed by atoms with Gasteiger partial charge in [-0.15, -0.1) is 0 Å². The van der Waals surface area contributed by atoms with E-state index < -0.39 is 0 Å². The van der Waals surface area contributed by atoms with Crippen LogP contribution < -0.4 is 10.7 Å². The van der Waals surface area contributed by atoms with E-state index in [0.717, 1.165) is 57.8 Å². The standard InChI is InChI=1S/C26H27N3O3/c1-15-12-16(2)14-19(13-15)27-26(31)24-18(4)23-21(10-7-11-22(23)32-24)28-29-25(30)20-9-6-5-8-17(20)3/h5-6,8-9,12-14H,7,10-11H2,1-4H3,(H,27,31)(H,29,30)/b28-21+. The van der Waals surface area contributed by atoms with Gasteiger partial charge >= 0.3 is 0 Å². The van der Waals surface area contributed by atoms with Crippen molar-refractivity contribution in [2.75, 3.05) is 5.32 Å². The Balaban J connectivity index is 1.58. The van der Waals surface area contributed by atoms with Crippen molar-refractivity contribution in [3.05, 3.63) is 87.4 Å². The molecule has 0 bridgehead atoms. The van der Waals surface area contributed by atoms with Gasteiger partial charge in [0.05, 0.1) is 5.71 Å². The lowest BCUT2D eigenvalue weighted by Gasteiger charge is -2.13. The first-order valence-corrected chi connectivity index (χ1v) is 10.8. The van der Waals surface area contributed by atoms with E-state index in [4.69, 9.17) is 4.42 Å². The average Bonchev–Trinajstić information content (AvgIpc) is 3.09. The smallest absolute Gasteiger partial charge is 0.291 e.